The van der Waals surface area contributed by atoms with Gasteiger partial charge < -0.3 is 25.5 Å². The van der Waals surface area contributed by atoms with Gasteiger partial charge in [0.25, 0.3) is 11.5 Å². The lowest BCUT2D eigenvalue weighted by Gasteiger charge is -2.42. The molecule has 3 amide bonds. The van der Waals surface area contributed by atoms with Gasteiger partial charge in [-0.25, -0.2) is 9.37 Å². The number of nitrogens with zero attached hydrogens (tertiary/aromatic N) is 4. The van der Waals surface area contributed by atoms with Crippen molar-refractivity contribution in [1.29, 1.82) is 0 Å². The number of alkyl halides is 1. The zero-order chi connectivity index (χ0) is 29.2. The predicted octanol–water partition coefficient (Wildman–Crippen LogP) is 1.52. The normalized spacial score (nSPS) is 27.6. The first-order valence-electron chi connectivity index (χ1n) is 14.3. The van der Waals surface area contributed by atoms with Crippen molar-refractivity contribution in [2.45, 2.75) is 82.5 Å². The van der Waals surface area contributed by atoms with Gasteiger partial charge in [0.2, 0.25) is 5.75 Å². The van der Waals surface area contributed by atoms with Crippen LogP contribution in [0.4, 0.5) is 4.39 Å². The van der Waals surface area contributed by atoms with Crippen molar-refractivity contribution in [2.75, 3.05) is 41.3 Å². The van der Waals surface area contributed by atoms with Crippen LogP contribution in [0.5, 0.6) is 5.75 Å². The number of halogens is 1. The molecule has 2 bridgehead atoms. The van der Waals surface area contributed by atoms with Gasteiger partial charge in [-0.2, -0.15) is 0 Å². The van der Waals surface area contributed by atoms with Crippen molar-refractivity contribution >= 4 is 17.7 Å². The topological polar surface area (TPSA) is 137 Å². The summed E-state index contributed by atoms with van der Waals surface area (Å²) in [6.45, 7) is 1.25. The fourth-order valence-corrected chi connectivity index (χ4v) is 6.59. The smallest absolute Gasteiger partial charge is 0.311 e. The molecule has 0 aromatic carbocycles. The highest BCUT2D eigenvalue weighted by Crippen LogP contribution is 2.51. The third-order valence-electron chi connectivity index (χ3n) is 9.05. The van der Waals surface area contributed by atoms with E-state index in [2.05, 4.69) is 20.5 Å². The van der Waals surface area contributed by atoms with Crippen LogP contribution in [0.2, 0.25) is 0 Å². The predicted molar refractivity (Wildman–Crippen MR) is 147 cm³/mol. The monoisotopic (exact) mass is 562 g/mol. The van der Waals surface area contributed by atoms with Crippen LogP contribution in [0.25, 0.3) is 0 Å². The minimum atomic E-state index is -1.15. The van der Waals surface area contributed by atoms with E-state index in [1.807, 2.05) is 14.1 Å². The van der Waals surface area contributed by atoms with Crippen LogP contribution in [0, 0.1) is 11.3 Å². The second kappa shape index (κ2) is 11.8. The van der Waals surface area contributed by atoms with Gasteiger partial charge >= 0.3 is 11.8 Å². The highest BCUT2D eigenvalue weighted by Gasteiger charge is 2.51. The van der Waals surface area contributed by atoms with Crippen LogP contribution in [-0.4, -0.2) is 89.6 Å². The van der Waals surface area contributed by atoms with Crippen LogP contribution in [0.15, 0.2) is 4.79 Å². The maximum atomic E-state index is 14.3. The Labute approximate surface area is 234 Å². The van der Waals surface area contributed by atoms with Gasteiger partial charge in [0.05, 0.1) is 5.54 Å². The van der Waals surface area contributed by atoms with Crippen molar-refractivity contribution in [3.63, 3.8) is 0 Å². The maximum absolute atomic E-state index is 14.3. The van der Waals surface area contributed by atoms with Gasteiger partial charge in [0.1, 0.15) is 12.0 Å². The SMILES string of the molecule is CN(C)CCCC12CCC(NC(=O)C(=O)N(C)C)(CC1)c1nc(C(=O)NCC3CCCCC3F)c(O)c(=O)n1C2. The van der Waals surface area contributed by atoms with Crippen LogP contribution < -0.4 is 16.2 Å². The lowest BCUT2D eigenvalue weighted by Crippen LogP contribution is -2.54. The Balaban J connectivity index is 1.70. The number of aromatic hydroxyl groups is 1. The first kappa shape index (κ1) is 30.0. The standard InChI is InChI=1S/C28H43FN6O5/c1-33(2)15-7-10-27-11-13-28(14-12-27,32-23(38)25(40)34(3)4)26-31-20(21(36)24(39)35(26)17-27)22(37)30-16-18-8-5-6-9-19(18)29/h18-19,36H,5-17H2,1-4H3,(H,30,37)(H,32,38). The third kappa shape index (κ3) is 6.01. The Hall–Kier alpha value is -3.02. The summed E-state index contributed by atoms with van der Waals surface area (Å²) in [7, 11) is 6.97. The van der Waals surface area contributed by atoms with Crippen molar-refractivity contribution in [3.8, 4) is 5.75 Å². The van der Waals surface area contributed by atoms with Crippen LogP contribution in [0.3, 0.4) is 0 Å². The molecule has 1 aromatic rings. The minimum Gasteiger partial charge on any atom is -0.501 e. The quantitative estimate of drug-likeness (QED) is 0.409. The Morgan fingerprint density at radius 2 is 1.77 bits per heavy atom. The lowest BCUT2D eigenvalue weighted by molar-refractivity contribution is -0.145. The Kier molecular flexibility index (Phi) is 8.86. The summed E-state index contributed by atoms with van der Waals surface area (Å²) in [6, 6.07) is 0. The van der Waals surface area contributed by atoms with Crippen molar-refractivity contribution < 1.29 is 23.9 Å². The van der Waals surface area contributed by atoms with E-state index < -0.39 is 46.4 Å². The summed E-state index contributed by atoms with van der Waals surface area (Å²) in [5, 5.41) is 16.4. The van der Waals surface area contributed by atoms with E-state index in [9.17, 15) is 28.7 Å². The largest absolute Gasteiger partial charge is 0.501 e. The number of nitrogens with one attached hydrogen (secondary N) is 2. The van der Waals surface area contributed by atoms with Gasteiger partial charge in [-0.1, -0.05) is 12.8 Å². The lowest BCUT2D eigenvalue weighted by atomic mass is 9.66. The van der Waals surface area contributed by atoms with Crippen molar-refractivity contribution in [1.82, 2.24) is 30.0 Å². The van der Waals surface area contributed by atoms with Crippen LogP contribution in [-0.2, 0) is 21.7 Å². The van der Waals surface area contributed by atoms with E-state index in [0.29, 0.717) is 45.1 Å². The molecule has 2 unspecified atom stereocenters. The molecule has 2 saturated carbocycles. The number of amides is 3. The summed E-state index contributed by atoms with van der Waals surface area (Å²) in [5.74, 6) is -3.24. The van der Waals surface area contributed by atoms with E-state index in [-0.39, 0.29) is 23.7 Å². The minimum absolute atomic E-state index is 0.0771. The third-order valence-corrected chi connectivity index (χ3v) is 9.05. The zero-order valence-electron chi connectivity index (χ0n) is 24.1. The highest BCUT2D eigenvalue weighted by molar-refractivity contribution is 6.35. The second-order valence-corrected chi connectivity index (χ2v) is 12.4. The number of carbonyl (C=O) groups is 3. The van der Waals surface area contributed by atoms with Gasteiger partial charge in [0, 0.05) is 33.1 Å². The molecule has 0 saturated heterocycles. The molecule has 0 radical (unpaired) electrons. The Bertz CT molecular complexity index is 1190. The Morgan fingerprint density at radius 3 is 2.40 bits per heavy atom. The fourth-order valence-electron chi connectivity index (χ4n) is 6.59. The molecule has 2 aliphatic heterocycles. The summed E-state index contributed by atoms with van der Waals surface area (Å²) in [6.07, 6.45) is 5.77. The van der Waals surface area contributed by atoms with Gasteiger partial charge in [-0.05, 0) is 77.4 Å². The van der Waals surface area contributed by atoms with Gasteiger partial charge in [-0.3, -0.25) is 23.7 Å². The maximum Gasteiger partial charge on any atom is 0.311 e. The molecular formula is C28H43FN6O5. The molecule has 2 fully saturated rings. The molecule has 222 valence electrons. The van der Waals surface area contributed by atoms with E-state index in [4.69, 9.17) is 0 Å². The van der Waals surface area contributed by atoms with E-state index in [0.717, 1.165) is 32.2 Å². The molecule has 4 aliphatic rings. The zero-order valence-corrected chi connectivity index (χ0v) is 24.1. The fraction of sp³-hybridized carbons (Fsp3) is 0.750. The number of hydrogen-bond acceptors (Lipinski definition) is 7. The van der Waals surface area contributed by atoms with E-state index >= 15 is 0 Å². The average Bonchev–Trinajstić information content (AvgIpc) is 3.12. The molecular weight excluding hydrogens is 519 g/mol. The average molecular weight is 563 g/mol. The van der Waals surface area contributed by atoms with Gasteiger partial charge in [0.15, 0.2) is 5.69 Å². The molecule has 12 heteroatoms. The van der Waals surface area contributed by atoms with E-state index in [1.165, 1.54) is 23.6 Å². The molecule has 11 nitrogen and oxygen atoms in total. The summed E-state index contributed by atoms with van der Waals surface area (Å²) in [4.78, 5) is 60.1. The number of aromatic nitrogens is 2. The summed E-state index contributed by atoms with van der Waals surface area (Å²) < 4.78 is 15.7. The molecule has 0 spiro atoms. The van der Waals surface area contributed by atoms with Crippen LogP contribution >= 0.6 is 0 Å². The summed E-state index contributed by atoms with van der Waals surface area (Å²) in [5.41, 5.74) is -2.60. The molecule has 2 aliphatic carbocycles. The highest BCUT2D eigenvalue weighted by atomic mass is 19.1. The molecule has 3 heterocycles. The van der Waals surface area contributed by atoms with Crippen molar-refractivity contribution in [3.05, 3.63) is 21.9 Å². The summed E-state index contributed by atoms with van der Waals surface area (Å²) >= 11 is 0. The number of likely N-dealkylation sites (N-methyl/N-ethyl adjacent to an activating group) is 1. The number of hydrogen-bond donors (Lipinski definition) is 3. The Morgan fingerprint density at radius 1 is 1.10 bits per heavy atom. The van der Waals surface area contributed by atoms with E-state index in [1.54, 1.807) is 0 Å². The molecule has 1 aromatic heterocycles. The van der Waals surface area contributed by atoms with Crippen molar-refractivity contribution in [2.24, 2.45) is 11.3 Å². The molecule has 5 rings (SSSR count). The van der Waals surface area contributed by atoms with Gasteiger partial charge in [-0.15, -0.1) is 0 Å². The van der Waals surface area contributed by atoms with Crippen LogP contribution in [0.1, 0.15) is 80.5 Å². The first-order valence-corrected chi connectivity index (χ1v) is 14.3. The number of rotatable bonds is 8. The molecule has 2 atom stereocenters. The molecule has 40 heavy (non-hydrogen) atoms. The second-order valence-electron chi connectivity index (χ2n) is 12.4. The number of fused-ring (bicyclic) bond motifs is 2. The molecule has 3 N–H and O–H groups in total. The number of carbonyl (C=O) groups excluding carboxylic acids is 3. The first-order chi connectivity index (χ1) is 18.9.